The van der Waals surface area contributed by atoms with Gasteiger partial charge in [0.25, 0.3) is 0 Å². The minimum Gasteiger partial charge on any atom is -0.463 e. The van der Waals surface area contributed by atoms with Gasteiger partial charge in [-0.25, -0.2) is 0 Å². The molecular weight excluding hydrogens is 180 g/mol. The smallest absolute Gasteiger partial charge is 0.308 e. The van der Waals surface area contributed by atoms with E-state index in [9.17, 15) is 4.79 Å². The Hall–Kier alpha value is -0.280. The maximum atomic E-state index is 10.9. The predicted octanol–water partition coefficient (Wildman–Crippen LogP) is 1.32. The Morgan fingerprint density at radius 2 is 2.25 bits per heavy atom. The Balaban J connectivity index is 3.59. The fourth-order valence-electron chi connectivity index (χ4n) is 0.603. The molecule has 0 saturated carbocycles. The van der Waals surface area contributed by atoms with Crippen LogP contribution in [-0.4, -0.2) is 29.2 Å². The van der Waals surface area contributed by atoms with Crippen molar-refractivity contribution in [3.8, 4) is 0 Å². The van der Waals surface area contributed by atoms with Crippen molar-refractivity contribution in [3.63, 3.8) is 0 Å². The zero-order chi connectivity index (χ0) is 9.56. The van der Waals surface area contributed by atoms with Gasteiger partial charge < -0.3 is 9.84 Å². The molecule has 0 radical (unpaired) electrons. The van der Waals surface area contributed by atoms with Gasteiger partial charge in [0.05, 0.1) is 18.6 Å². The van der Waals surface area contributed by atoms with Gasteiger partial charge in [-0.05, 0) is 13.3 Å². The van der Waals surface area contributed by atoms with E-state index in [4.69, 9.17) is 21.4 Å². The molecule has 0 aliphatic carbocycles. The highest BCUT2D eigenvalue weighted by atomic mass is 35.5. The van der Waals surface area contributed by atoms with Crippen LogP contribution in [0.3, 0.4) is 0 Å². The van der Waals surface area contributed by atoms with Gasteiger partial charge in [-0.1, -0.05) is 6.92 Å². The van der Waals surface area contributed by atoms with Gasteiger partial charge in [0, 0.05) is 5.88 Å². The van der Waals surface area contributed by atoms with E-state index in [1.54, 1.807) is 0 Å². The van der Waals surface area contributed by atoms with Crippen LogP contribution in [0.25, 0.3) is 0 Å². The average molecular weight is 195 g/mol. The van der Waals surface area contributed by atoms with Gasteiger partial charge in [-0.15, -0.1) is 11.6 Å². The minimum atomic E-state index is -0.789. The van der Waals surface area contributed by atoms with Gasteiger partial charge in [0.1, 0.15) is 0 Å². The topological polar surface area (TPSA) is 46.5 Å². The van der Waals surface area contributed by atoms with Crippen LogP contribution in [0.2, 0.25) is 0 Å². The number of esters is 1. The summed E-state index contributed by atoms with van der Waals surface area (Å²) >= 11 is 5.31. The Morgan fingerprint density at radius 3 is 2.67 bits per heavy atom. The first-order valence-electron chi connectivity index (χ1n) is 4.03. The lowest BCUT2D eigenvalue weighted by molar-refractivity contribution is -0.150. The average Bonchev–Trinajstić information content (AvgIpc) is 2.03. The standard InChI is InChI=1S/C8H15ClO3/c1-3-6(2)12-8(11)4-7(10)5-9/h6-7,10H,3-5H2,1-2H3. The van der Waals surface area contributed by atoms with Gasteiger partial charge >= 0.3 is 5.97 Å². The summed E-state index contributed by atoms with van der Waals surface area (Å²) in [7, 11) is 0. The van der Waals surface area contributed by atoms with Crippen molar-refractivity contribution in [2.45, 2.75) is 38.9 Å². The molecule has 2 atom stereocenters. The summed E-state index contributed by atoms with van der Waals surface area (Å²) in [5, 5.41) is 8.98. The van der Waals surface area contributed by atoms with Crippen molar-refractivity contribution in [1.29, 1.82) is 0 Å². The number of hydrogen-bond donors (Lipinski definition) is 1. The van der Waals surface area contributed by atoms with Gasteiger partial charge in [-0.2, -0.15) is 0 Å². The zero-order valence-electron chi connectivity index (χ0n) is 7.42. The van der Waals surface area contributed by atoms with Crippen molar-refractivity contribution in [1.82, 2.24) is 0 Å². The van der Waals surface area contributed by atoms with E-state index in [1.165, 1.54) is 0 Å². The molecular formula is C8H15ClO3. The van der Waals surface area contributed by atoms with Crippen molar-refractivity contribution in [2.24, 2.45) is 0 Å². The van der Waals surface area contributed by atoms with Crippen molar-refractivity contribution >= 4 is 17.6 Å². The van der Waals surface area contributed by atoms with Crippen molar-refractivity contribution < 1.29 is 14.6 Å². The first-order chi connectivity index (χ1) is 5.60. The Kier molecular flexibility index (Phi) is 6.11. The summed E-state index contributed by atoms with van der Waals surface area (Å²) in [5.41, 5.74) is 0. The van der Waals surface area contributed by atoms with E-state index in [0.717, 1.165) is 6.42 Å². The van der Waals surface area contributed by atoms with E-state index in [-0.39, 0.29) is 18.4 Å². The van der Waals surface area contributed by atoms with Crippen LogP contribution in [0.5, 0.6) is 0 Å². The Morgan fingerprint density at radius 1 is 1.67 bits per heavy atom. The van der Waals surface area contributed by atoms with Gasteiger partial charge in [0.15, 0.2) is 0 Å². The number of hydrogen-bond acceptors (Lipinski definition) is 3. The van der Waals surface area contributed by atoms with Crippen LogP contribution in [0, 0.1) is 0 Å². The molecule has 0 aromatic heterocycles. The molecule has 1 N–H and O–H groups in total. The number of carbonyl (C=O) groups is 1. The van der Waals surface area contributed by atoms with E-state index < -0.39 is 12.1 Å². The third kappa shape index (κ3) is 5.38. The normalized spacial score (nSPS) is 15.3. The molecule has 0 heterocycles. The van der Waals surface area contributed by atoms with Crippen LogP contribution in [0.4, 0.5) is 0 Å². The third-order valence-corrected chi connectivity index (χ3v) is 1.84. The molecule has 0 spiro atoms. The maximum Gasteiger partial charge on any atom is 0.308 e. The Labute approximate surface area is 77.7 Å². The fourth-order valence-corrected chi connectivity index (χ4v) is 0.712. The number of halogens is 1. The molecule has 0 aliphatic heterocycles. The molecule has 12 heavy (non-hydrogen) atoms. The molecule has 0 aliphatic rings. The van der Waals surface area contributed by atoms with Gasteiger partial charge in [-0.3, -0.25) is 4.79 Å². The molecule has 0 aromatic rings. The molecule has 0 fully saturated rings. The largest absolute Gasteiger partial charge is 0.463 e. The first kappa shape index (κ1) is 11.7. The SMILES string of the molecule is CCC(C)OC(=O)CC(O)CCl. The summed E-state index contributed by atoms with van der Waals surface area (Å²) in [6.07, 6.45) is -0.112. The lowest BCUT2D eigenvalue weighted by Gasteiger charge is -2.11. The molecule has 0 amide bonds. The number of aliphatic hydroxyl groups is 1. The molecule has 3 nitrogen and oxygen atoms in total. The number of carbonyl (C=O) groups excluding carboxylic acids is 1. The van der Waals surface area contributed by atoms with Crippen LogP contribution in [0.15, 0.2) is 0 Å². The number of rotatable bonds is 5. The maximum absolute atomic E-state index is 10.9. The zero-order valence-corrected chi connectivity index (χ0v) is 8.17. The second-order valence-corrected chi connectivity index (χ2v) is 3.03. The summed E-state index contributed by atoms with van der Waals surface area (Å²) < 4.78 is 4.91. The third-order valence-electron chi connectivity index (χ3n) is 1.49. The fraction of sp³-hybridized carbons (Fsp3) is 0.875. The highest BCUT2D eigenvalue weighted by molar-refractivity contribution is 6.18. The molecule has 0 saturated heterocycles. The van der Waals surface area contributed by atoms with Crippen LogP contribution >= 0.6 is 11.6 Å². The number of alkyl halides is 1. The molecule has 72 valence electrons. The van der Waals surface area contributed by atoms with Crippen molar-refractivity contribution in [2.75, 3.05) is 5.88 Å². The summed E-state index contributed by atoms with van der Waals surface area (Å²) in [6.45, 7) is 3.74. The lowest BCUT2D eigenvalue weighted by atomic mass is 10.3. The summed E-state index contributed by atoms with van der Waals surface area (Å²) in [6, 6.07) is 0. The summed E-state index contributed by atoms with van der Waals surface area (Å²) in [4.78, 5) is 10.9. The lowest BCUT2D eigenvalue weighted by Crippen LogP contribution is -2.20. The molecule has 4 heteroatoms. The van der Waals surface area contributed by atoms with E-state index in [1.807, 2.05) is 13.8 Å². The second kappa shape index (κ2) is 6.26. The highest BCUT2D eigenvalue weighted by Gasteiger charge is 2.12. The van der Waals surface area contributed by atoms with E-state index >= 15 is 0 Å². The van der Waals surface area contributed by atoms with Crippen LogP contribution < -0.4 is 0 Å². The summed E-state index contributed by atoms with van der Waals surface area (Å²) in [5.74, 6) is -0.326. The van der Waals surface area contributed by atoms with Crippen LogP contribution in [0.1, 0.15) is 26.7 Å². The monoisotopic (exact) mass is 194 g/mol. The van der Waals surface area contributed by atoms with Crippen LogP contribution in [-0.2, 0) is 9.53 Å². The van der Waals surface area contributed by atoms with Crippen molar-refractivity contribution in [3.05, 3.63) is 0 Å². The second-order valence-electron chi connectivity index (χ2n) is 2.72. The Bertz CT molecular complexity index is 124. The predicted molar refractivity (Wildman–Crippen MR) is 47.2 cm³/mol. The number of aliphatic hydroxyl groups excluding tert-OH is 1. The molecule has 0 rings (SSSR count). The quantitative estimate of drug-likeness (QED) is 0.531. The van der Waals surface area contributed by atoms with E-state index in [2.05, 4.69) is 0 Å². The highest BCUT2D eigenvalue weighted by Crippen LogP contribution is 2.02. The molecule has 0 aromatic carbocycles. The van der Waals surface area contributed by atoms with Gasteiger partial charge in [0.2, 0.25) is 0 Å². The first-order valence-corrected chi connectivity index (χ1v) is 4.57. The number of ether oxygens (including phenoxy) is 1. The van der Waals surface area contributed by atoms with E-state index in [0.29, 0.717) is 0 Å². The minimum absolute atomic E-state index is 0.0200. The molecule has 2 unspecified atom stereocenters. The molecule has 0 bridgehead atoms.